The number of imidazole rings is 1. The number of ether oxygens (including phenoxy) is 1. The minimum absolute atomic E-state index is 0.0845. The molecule has 1 aromatic heterocycles. The summed E-state index contributed by atoms with van der Waals surface area (Å²) in [6.07, 6.45) is 1.79. The van der Waals surface area contributed by atoms with Gasteiger partial charge in [-0.05, 0) is 44.9 Å². The first-order chi connectivity index (χ1) is 9.54. The van der Waals surface area contributed by atoms with Crippen LogP contribution in [0, 0.1) is 0 Å². The summed E-state index contributed by atoms with van der Waals surface area (Å²) in [5.41, 5.74) is 8.30. The Labute approximate surface area is 124 Å². The van der Waals surface area contributed by atoms with Crippen molar-refractivity contribution in [3.63, 3.8) is 0 Å². The van der Waals surface area contributed by atoms with Crippen LogP contribution in [0.4, 0.5) is 0 Å². The third kappa shape index (κ3) is 3.14. The van der Waals surface area contributed by atoms with Crippen LogP contribution >= 0.6 is 11.6 Å². The third-order valence-corrected chi connectivity index (χ3v) is 3.63. The Morgan fingerprint density at radius 3 is 2.80 bits per heavy atom. The second-order valence-electron chi connectivity index (χ2n) is 5.31. The van der Waals surface area contributed by atoms with Crippen LogP contribution in [0.1, 0.15) is 44.6 Å². The lowest BCUT2D eigenvalue weighted by Crippen LogP contribution is -2.18. The van der Waals surface area contributed by atoms with Crippen molar-refractivity contribution in [1.29, 1.82) is 0 Å². The molecule has 1 unspecified atom stereocenters. The molecule has 0 radical (unpaired) electrons. The van der Waals surface area contributed by atoms with Gasteiger partial charge >= 0.3 is 0 Å². The van der Waals surface area contributed by atoms with E-state index in [9.17, 15) is 0 Å². The normalized spacial score (nSPS) is 13.3. The highest BCUT2D eigenvalue weighted by Gasteiger charge is 2.18. The summed E-state index contributed by atoms with van der Waals surface area (Å²) in [6.45, 7) is 5.00. The van der Waals surface area contributed by atoms with Crippen molar-refractivity contribution in [1.82, 2.24) is 9.55 Å². The maximum Gasteiger partial charge on any atom is 0.127 e. The minimum Gasteiger partial charge on any atom is -0.385 e. The molecule has 0 saturated carbocycles. The molecule has 0 aliphatic heterocycles. The van der Waals surface area contributed by atoms with Crippen molar-refractivity contribution >= 4 is 22.6 Å². The maximum atomic E-state index is 6.30. The van der Waals surface area contributed by atoms with Gasteiger partial charge in [0.25, 0.3) is 0 Å². The summed E-state index contributed by atoms with van der Waals surface area (Å²) < 4.78 is 7.28. The molecule has 4 nitrogen and oxygen atoms in total. The van der Waals surface area contributed by atoms with Crippen LogP contribution in [-0.4, -0.2) is 23.3 Å². The van der Waals surface area contributed by atoms with Gasteiger partial charge in [0.2, 0.25) is 0 Å². The number of methoxy groups -OCH3 is 1. The predicted octanol–water partition coefficient (Wildman–Crippen LogP) is 3.70. The summed E-state index contributed by atoms with van der Waals surface area (Å²) in [5, 5.41) is 0.699. The summed E-state index contributed by atoms with van der Waals surface area (Å²) in [7, 11) is 1.71. The molecule has 0 saturated heterocycles. The third-order valence-electron chi connectivity index (χ3n) is 3.39. The SMILES string of the molecule is COCCCC(N)c1nc2cc(Cl)ccc2n1C(C)C. The molecule has 0 bridgehead atoms. The highest BCUT2D eigenvalue weighted by atomic mass is 35.5. The topological polar surface area (TPSA) is 53.1 Å². The van der Waals surface area contributed by atoms with Crippen LogP contribution in [0.2, 0.25) is 5.02 Å². The van der Waals surface area contributed by atoms with E-state index in [4.69, 9.17) is 22.1 Å². The zero-order valence-electron chi connectivity index (χ0n) is 12.3. The average Bonchev–Trinajstić information content (AvgIpc) is 2.77. The Hall–Kier alpha value is -1.10. The summed E-state index contributed by atoms with van der Waals surface area (Å²) in [5.74, 6) is 0.924. The molecule has 2 rings (SSSR count). The van der Waals surface area contributed by atoms with E-state index in [0.29, 0.717) is 11.1 Å². The van der Waals surface area contributed by atoms with Crippen molar-refractivity contribution in [3.05, 3.63) is 29.0 Å². The molecule has 0 fully saturated rings. The minimum atomic E-state index is -0.0845. The molecule has 0 amide bonds. The van der Waals surface area contributed by atoms with E-state index in [1.54, 1.807) is 7.11 Å². The average molecular weight is 296 g/mol. The number of rotatable bonds is 6. The molecule has 2 N–H and O–H groups in total. The first-order valence-corrected chi connectivity index (χ1v) is 7.34. The molecule has 0 spiro atoms. The second kappa shape index (κ2) is 6.57. The zero-order chi connectivity index (χ0) is 14.7. The monoisotopic (exact) mass is 295 g/mol. The quantitative estimate of drug-likeness (QED) is 0.827. The fraction of sp³-hybridized carbons (Fsp3) is 0.533. The molecule has 0 aliphatic carbocycles. The van der Waals surface area contributed by atoms with Crippen LogP contribution in [0.15, 0.2) is 18.2 Å². The lowest BCUT2D eigenvalue weighted by atomic mass is 10.1. The van der Waals surface area contributed by atoms with Crippen molar-refractivity contribution in [2.75, 3.05) is 13.7 Å². The fourth-order valence-electron chi connectivity index (χ4n) is 2.47. The van der Waals surface area contributed by atoms with E-state index < -0.39 is 0 Å². The van der Waals surface area contributed by atoms with Crippen LogP contribution in [0.25, 0.3) is 11.0 Å². The molecule has 2 aromatic rings. The number of nitrogens with two attached hydrogens (primary N) is 1. The number of nitrogens with zero attached hydrogens (tertiary/aromatic N) is 2. The van der Waals surface area contributed by atoms with E-state index in [1.165, 1.54) is 0 Å². The Morgan fingerprint density at radius 2 is 2.15 bits per heavy atom. The van der Waals surface area contributed by atoms with Gasteiger partial charge in [-0.15, -0.1) is 0 Å². The number of halogens is 1. The standard InChI is InChI=1S/C15H22ClN3O/c1-10(2)19-14-7-6-11(16)9-13(14)18-15(19)12(17)5-4-8-20-3/h6-7,9-10,12H,4-5,8,17H2,1-3H3. The Bertz CT molecular complexity index is 580. The lowest BCUT2D eigenvalue weighted by molar-refractivity contribution is 0.190. The van der Waals surface area contributed by atoms with Crippen LogP contribution in [0.5, 0.6) is 0 Å². The Kier molecular flexibility index (Phi) is 5.02. The first-order valence-electron chi connectivity index (χ1n) is 6.96. The van der Waals surface area contributed by atoms with Gasteiger partial charge in [-0.25, -0.2) is 4.98 Å². The molecule has 5 heteroatoms. The van der Waals surface area contributed by atoms with Crippen LogP contribution in [-0.2, 0) is 4.74 Å². The van der Waals surface area contributed by atoms with Gasteiger partial charge in [-0.2, -0.15) is 0 Å². The highest BCUT2D eigenvalue weighted by molar-refractivity contribution is 6.31. The van der Waals surface area contributed by atoms with E-state index >= 15 is 0 Å². The molecular formula is C15H22ClN3O. The first kappa shape index (κ1) is 15.3. The van der Waals surface area contributed by atoms with E-state index in [0.717, 1.165) is 36.3 Å². The number of hydrogen-bond donors (Lipinski definition) is 1. The summed E-state index contributed by atoms with van der Waals surface area (Å²) in [4.78, 5) is 4.69. The number of benzene rings is 1. The van der Waals surface area contributed by atoms with Crippen molar-refractivity contribution in [2.24, 2.45) is 5.73 Å². The smallest absolute Gasteiger partial charge is 0.127 e. The molecule has 1 aromatic carbocycles. The van der Waals surface area contributed by atoms with Gasteiger partial charge < -0.3 is 15.0 Å². The predicted molar refractivity (Wildman–Crippen MR) is 83.2 cm³/mol. The summed E-state index contributed by atoms with van der Waals surface area (Å²) in [6, 6.07) is 6.02. The van der Waals surface area contributed by atoms with Gasteiger partial charge in [0.05, 0.1) is 17.1 Å². The zero-order valence-corrected chi connectivity index (χ0v) is 13.0. The van der Waals surface area contributed by atoms with Crippen LogP contribution < -0.4 is 5.73 Å². The summed E-state index contributed by atoms with van der Waals surface area (Å²) >= 11 is 6.04. The maximum absolute atomic E-state index is 6.30. The van der Waals surface area contributed by atoms with Gasteiger partial charge in [0, 0.05) is 24.8 Å². The molecule has 0 aliphatic rings. The number of fused-ring (bicyclic) bond motifs is 1. The lowest BCUT2D eigenvalue weighted by Gasteiger charge is -2.17. The number of aromatic nitrogens is 2. The molecule has 20 heavy (non-hydrogen) atoms. The van der Waals surface area contributed by atoms with Crippen molar-refractivity contribution in [2.45, 2.75) is 38.8 Å². The largest absolute Gasteiger partial charge is 0.385 e. The second-order valence-corrected chi connectivity index (χ2v) is 5.74. The van der Waals surface area contributed by atoms with E-state index in [1.807, 2.05) is 18.2 Å². The van der Waals surface area contributed by atoms with E-state index in [-0.39, 0.29) is 6.04 Å². The molecule has 1 atom stereocenters. The fourth-order valence-corrected chi connectivity index (χ4v) is 2.64. The van der Waals surface area contributed by atoms with Crippen molar-refractivity contribution < 1.29 is 4.74 Å². The Balaban J connectivity index is 2.38. The molecule has 110 valence electrons. The molecular weight excluding hydrogens is 274 g/mol. The van der Waals surface area contributed by atoms with Gasteiger partial charge in [0.1, 0.15) is 5.82 Å². The van der Waals surface area contributed by atoms with Crippen LogP contribution in [0.3, 0.4) is 0 Å². The van der Waals surface area contributed by atoms with Gasteiger partial charge in [0.15, 0.2) is 0 Å². The van der Waals surface area contributed by atoms with Gasteiger partial charge in [-0.3, -0.25) is 0 Å². The highest BCUT2D eigenvalue weighted by Crippen LogP contribution is 2.27. The Morgan fingerprint density at radius 1 is 1.40 bits per heavy atom. The molecule has 1 heterocycles. The van der Waals surface area contributed by atoms with E-state index in [2.05, 4.69) is 23.4 Å². The number of hydrogen-bond acceptors (Lipinski definition) is 3. The van der Waals surface area contributed by atoms with Crippen molar-refractivity contribution in [3.8, 4) is 0 Å². The van der Waals surface area contributed by atoms with Gasteiger partial charge in [-0.1, -0.05) is 11.6 Å².